The monoisotopic (exact) mass is 282 g/mol. The molecule has 1 heterocycles. The van der Waals surface area contributed by atoms with Crippen LogP contribution in [-0.2, 0) is 5.88 Å². The van der Waals surface area contributed by atoms with E-state index < -0.39 is 0 Å². The second kappa shape index (κ2) is 5.55. The first-order valence-electron chi connectivity index (χ1n) is 5.42. The number of rotatable bonds is 3. The first-order valence-corrected chi connectivity index (χ1v) is 6.34. The molecular formula is C13H12Cl2N2O. The fraction of sp³-hybridized carbons (Fsp3) is 0.231. The van der Waals surface area contributed by atoms with E-state index >= 15 is 0 Å². The van der Waals surface area contributed by atoms with Crippen LogP contribution >= 0.6 is 23.2 Å². The van der Waals surface area contributed by atoms with Gasteiger partial charge in [-0.05, 0) is 31.5 Å². The van der Waals surface area contributed by atoms with Crippen LogP contribution < -0.4 is 4.74 Å². The standard InChI is InChI=1S/C13H12Cl2N2O/c1-8-3-4-11(15)12(5-8)18-13-10(6-14)7-16-9(2)17-13/h3-5,7H,6H2,1-2H3. The van der Waals surface area contributed by atoms with Crippen molar-refractivity contribution in [2.45, 2.75) is 19.7 Å². The van der Waals surface area contributed by atoms with E-state index in [0.717, 1.165) is 11.1 Å². The van der Waals surface area contributed by atoms with Gasteiger partial charge in [0.1, 0.15) is 11.6 Å². The Labute approximate surface area is 116 Å². The van der Waals surface area contributed by atoms with Gasteiger partial charge in [0, 0.05) is 11.8 Å². The zero-order chi connectivity index (χ0) is 13.1. The summed E-state index contributed by atoms with van der Waals surface area (Å²) in [7, 11) is 0. The van der Waals surface area contributed by atoms with E-state index in [0.29, 0.717) is 28.4 Å². The third-order valence-electron chi connectivity index (χ3n) is 2.38. The minimum Gasteiger partial charge on any atom is -0.437 e. The Bertz CT molecular complexity index is 573. The fourth-order valence-electron chi connectivity index (χ4n) is 1.45. The first kappa shape index (κ1) is 13.1. The summed E-state index contributed by atoms with van der Waals surface area (Å²) in [6.45, 7) is 3.76. The molecule has 0 saturated heterocycles. The van der Waals surface area contributed by atoms with Crippen molar-refractivity contribution in [2.24, 2.45) is 0 Å². The molecule has 0 spiro atoms. The average Bonchev–Trinajstić information content (AvgIpc) is 2.34. The van der Waals surface area contributed by atoms with Crippen LogP contribution in [0.5, 0.6) is 11.6 Å². The lowest BCUT2D eigenvalue weighted by atomic mass is 10.2. The number of ether oxygens (including phenoxy) is 1. The van der Waals surface area contributed by atoms with E-state index in [2.05, 4.69) is 9.97 Å². The van der Waals surface area contributed by atoms with Gasteiger partial charge in [-0.3, -0.25) is 0 Å². The summed E-state index contributed by atoms with van der Waals surface area (Å²) in [5.74, 6) is 1.94. The maximum Gasteiger partial charge on any atom is 0.227 e. The number of hydrogen-bond donors (Lipinski definition) is 0. The van der Waals surface area contributed by atoms with Crippen LogP contribution in [0.4, 0.5) is 0 Å². The number of halogens is 2. The molecule has 0 atom stereocenters. The molecule has 94 valence electrons. The van der Waals surface area contributed by atoms with Gasteiger partial charge in [-0.1, -0.05) is 17.7 Å². The van der Waals surface area contributed by atoms with E-state index in [1.807, 2.05) is 19.1 Å². The summed E-state index contributed by atoms with van der Waals surface area (Å²) in [5, 5.41) is 0.539. The van der Waals surface area contributed by atoms with Crippen molar-refractivity contribution >= 4 is 23.2 Å². The van der Waals surface area contributed by atoms with Crippen LogP contribution in [-0.4, -0.2) is 9.97 Å². The van der Waals surface area contributed by atoms with Gasteiger partial charge in [0.05, 0.1) is 10.9 Å². The molecule has 3 nitrogen and oxygen atoms in total. The maximum atomic E-state index is 6.08. The van der Waals surface area contributed by atoms with Crippen molar-refractivity contribution in [3.8, 4) is 11.6 Å². The second-order valence-corrected chi connectivity index (χ2v) is 4.59. The van der Waals surface area contributed by atoms with Crippen LogP contribution in [0.1, 0.15) is 17.0 Å². The van der Waals surface area contributed by atoms with Crippen molar-refractivity contribution in [2.75, 3.05) is 0 Å². The molecule has 0 unspecified atom stereocenters. The average molecular weight is 283 g/mol. The second-order valence-electron chi connectivity index (χ2n) is 3.92. The molecule has 2 rings (SSSR count). The molecule has 0 aliphatic rings. The molecule has 0 amide bonds. The van der Waals surface area contributed by atoms with Crippen molar-refractivity contribution in [3.05, 3.63) is 46.4 Å². The Morgan fingerprint density at radius 3 is 2.78 bits per heavy atom. The van der Waals surface area contributed by atoms with Crippen LogP contribution in [0, 0.1) is 13.8 Å². The molecule has 0 saturated carbocycles. The van der Waals surface area contributed by atoms with E-state index in [-0.39, 0.29) is 0 Å². The lowest BCUT2D eigenvalue weighted by Crippen LogP contribution is -1.98. The molecule has 5 heteroatoms. The summed E-state index contributed by atoms with van der Waals surface area (Å²) in [5.41, 5.74) is 1.80. The number of benzene rings is 1. The fourth-order valence-corrected chi connectivity index (χ4v) is 1.79. The highest BCUT2D eigenvalue weighted by molar-refractivity contribution is 6.32. The third kappa shape index (κ3) is 2.92. The summed E-state index contributed by atoms with van der Waals surface area (Å²) < 4.78 is 5.73. The number of alkyl halides is 1. The van der Waals surface area contributed by atoms with Gasteiger partial charge in [-0.25, -0.2) is 4.98 Å². The first-order chi connectivity index (χ1) is 8.60. The highest BCUT2D eigenvalue weighted by Crippen LogP contribution is 2.31. The zero-order valence-corrected chi connectivity index (χ0v) is 11.6. The molecule has 0 bridgehead atoms. The SMILES string of the molecule is Cc1ccc(Cl)c(Oc2nc(C)ncc2CCl)c1. The highest BCUT2D eigenvalue weighted by Gasteiger charge is 2.10. The Hall–Kier alpha value is -1.32. The quantitative estimate of drug-likeness (QED) is 0.789. The molecule has 18 heavy (non-hydrogen) atoms. The lowest BCUT2D eigenvalue weighted by molar-refractivity contribution is 0.455. The molecule has 1 aromatic carbocycles. The molecule has 0 N–H and O–H groups in total. The van der Waals surface area contributed by atoms with Gasteiger partial charge in [0.15, 0.2) is 0 Å². The zero-order valence-electron chi connectivity index (χ0n) is 10.1. The Kier molecular flexibility index (Phi) is 4.04. The smallest absolute Gasteiger partial charge is 0.227 e. The summed E-state index contributed by atoms with van der Waals surface area (Å²) in [6, 6.07) is 5.57. The summed E-state index contributed by atoms with van der Waals surface area (Å²) in [4.78, 5) is 8.32. The molecule has 0 aliphatic heterocycles. The molecular weight excluding hydrogens is 271 g/mol. The molecule has 2 aromatic rings. The van der Waals surface area contributed by atoms with Crippen LogP contribution in [0.3, 0.4) is 0 Å². The van der Waals surface area contributed by atoms with Crippen molar-refractivity contribution < 1.29 is 4.74 Å². The predicted molar refractivity (Wildman–Crippen MR) is 72.6 cm³/mol. The number of hydrogen-bond acceptors (Lipinski definition) is 3. The largest absolute Gasteiger partial charge is 0.437 e. The number of aryl methyl sites for hydroxylation is 2. The van der Waals surface area contributed by atoms with Crippen molar-refractivity contribution in [1.29, 1.82) is 0 Å². The van der Waals surface area contributed by atoms with Crippen LogP contribution in [0.15, 0.2) is 24.4 Å². The summed E-state index contributed by atoms with van der Waals surface area (Å²) in [6.07, 6.45) is 1.66. The van der Waals surface area contributed by atoms with Gasteiger partial charge in [0.2, 0.25) is 5.88 Å². The van der Waals surface area contributed by atoms with Crippen LogP contribution in [0.2, 0.25) is 5.02 Å². The van der Waals surface area contributed by atoms with Crippen molar-refractivity contribution in [1.82, 2.24) is 9.97 Å². The minimum atomic E-state index is 0.291. The molecule has 0 fully saturated rings. The van der Waals surface area contributed by atoms with Crippen molar-refractivity contribution in [3.63, 3.8) is 0 Å². The molecule has 0 radical (unpaired) electrons. The third-order valence-corrected chi connectivity index (χ3v) is 2.98. The predicted octanol–water partition coefficient (Wildman–Crippen LogP) is 4.28. The Morgan fingerprint density at radius 2 is 2.06 bits per heavy atom. The maximum absolute atomic E-state index is 6.08. The van der Waals surface area contributed by atoms with E-state index in [4.69, 9.17) is 27.9 Å². The van der Waals surface area contributed by atoms with Gasteiger partial charge in [0.25, 0.3) is 0 Å². The lowest BCUT2D eigenvalue weighted by Gasteiger charge is -2.10. The van der Waals surface area contributed by atoms with E-state index in [1.165, 1.54) is 0 Å². The van der Waals surface area contributed by atoms with E-state index in [1.54, 1.807) is 19.2 Å². The normalized spacial score (nSPS) is 10.4. The minimum absolute atomic E-state index is 0.291. The number of nitrogens with zero attached hydrogens (tertiary/aromatic N) is 2. The van der Waals surface area contributed by atoms with Crippen LogP contribution in [0.25, 0.3) is 0 Å². The van der Waals surface area contributed by atoms with Gasteiger partial charge in [-0.15, -0.1) is 11.6 Å². The van der Waals surface area contributed by atoms with Gasteiger partial charge >= 0.3 is 0 Å². The Balaban J connectivity index is 2.38. The van der Waals surface area contributed by atoms with Gasteiger partial charge in [-0.2, -0.15) is 4.98 Å². The molecule has 1 aromatic heterocycles. The van der Waals surface area contributed by atoms with Gasteiger partial charge < -0.3 is 4.74 Å². The summed E-state index contributed by atoms with van der Waals surface area (Å²) >= 11 is 11.9. The van der Waals surface area contributed by atoms with E-state index in [9.17, 15) is 0 Å². The molecule has 0 aliphatic carbocycles. The Morgan fingerprint density at radius 1 is 1.28 bits per heavy atom. The number of aromatic nitrogens is 2. The topological polar surface area (TPSA) is 35.0 Å². The highest BCUT2D eigenvalue weighted by atomic mass is 35.5.